The molecule has 1 aliphatic heterocycles. The summed E-state index contributed by atoms with van der Waals surface area (Å²) in [4.78, 5) is 4.29. The molecule has 1 aromatic rings. The summed E-state index contributed by atoms with van der Waals surface area (Å²) in [5.74, 6) is 1.70. The number of rotatable bonds is 8. The first-order chi connectivity index (χ1) is 12.1. The van der Waals surface area contributed by atoms with Gasteiger partial charge in [0, 0.05) is 38.8 Å². The zero-order valence-corrected chi connectivity index (χ0v) is 15.6. The van der Waals surface area contributed by atoms with Crippen LogP contribution >= 0.6 is 0 Å². The number of ether oxygens (including phenoxy) is 2. The molecule has 1 fully saturated rings. The molecule has 1 unspecified atom stereocenters. The second-order valence-electron chi connectivity index (χ2n) is 6.68. The van der Waals surface area contributed by atoms with Crippen LogP contribution in [-0.4, -0.2) is 58.1 Å². The van der Waals surface area contributed by atoms with Crippen LogP contribution in [0.4, 0.5) is 0 Å². The van der Waals surface area contributed by atoms with Crippen molar-refractivity contribution in [2.24, 2.45) is 10.4 Å². The molecular weight excluding hydrogens is 318 g/mol. The molecule has 0 aliphatic carbocycles. The Bertz CT molecular complexity index is 569. The Kier molecular flexibility index (Phi) is 7.52. The fourth-order valence-electron chi connectivity index (χ4n) is 3.15. The molecular formula is C19H31N3O3. The SMILES string of the molecule is CN=C(NCCc1ccc(C)c(OC)c1)NCC1(CCO)CCOC1. The van der Waals surface area contributed by atoms with Gasteiger partial charge in [0.05, 0.1) is 13.7 Å². The van der Waals surface area contributed by atoms with Crippen molar-refractivity contribution in [3.05, 3.63) is 29.3 Å². The first-order valence-corrected chi connectivity index (χ1v) is 8.89. The third-order valence-corrected chi connectivity index (χ3v) is 4.86. The molecule has 0 aromatic heterocycles. The Morgan fingerprint density at radius 2 is 2.24 bits per heavy atom. The molecule has 0 saturated carbocycles. The van der Waals surface area contributed by atoms with Crippen LogP contribution in [0.25, 0.3) is 0 Å². The van der Waals surface area contributed by atoms with E-state index in [-0.39, 0.29) is 12.0 Å². The van der Waals surface area contributed by atoms with Crippen LogP contribution in [0.15, 0.2) is 23.2 Å². The topological polar surface area (TPSA) is 75.1 Å². The first-order valence-electron chi connectivity index (χ1n) is 8.89. The molecule has 6 heteroatoms. The largest absolute Gasteiger partial charge is 0.496 e. The lowest BCUT2D eigenvalue weighted by Gasteiger charge is -2.27. The fraction of sp³-hybridized carbons (Fsp3) is 0.632. The summed E-state index contributed by atoms with van der Waals surface area (Å²) in [5.41, 5.74) is 2.38. The van der Waals surface area contributed by atoms with E-state index in [2.05, 4.69) is 33.8 Å². The summed E-state index contributed by atoms with van der Waals surface area (Å²) < 4.78 is 10.9. The Labute approximate surface area is 150 Å². The van der Waals surface area contributed by atoms with Gasteiger partial charge in [0.15, 0.2) is 5.96 Å². The van der Waals surface area contributed by atoms with Crippen molar-refractivity contribution >= 4 is 5.96 Å². The summed E-state index contributed by atoms with van der Waals surface area (Å²) in [5, 5.41) is 16.0. The number of guanidine groups is 1. The molecule has 140 valence electrons. The summed E-state index contributed by atoms with van der Waals surface area (Å²) in [7, 11) is 3.47. The van der Waals surface area contributed by atoms with E-state index in [1.54, 1.807) is 14.2 Å². The van der Waals surface area contributed by atoms with Crippen LogP contribution in [0.1, 0.15) is 24.0 Å². The molecule has 0 amide bonds. The maximum Gasteiger partial charge on any atom is 0.191 e. The van der Waals surface area contributed by atoms with E-state index in [1.807, 2.05) is 6.92 Å². The summed E-state index contributed by atoms with van der Waals surface area (Å²) >= 11 is 0. The van der Waals surface area contributed by atoms with E-state index in [0.717, 1.165) is 56.2 Å². The van der Waals surface area contributed by atoms with Gasteiger partial charge in [-0.1, -0.05) is 12.1 Å². The monoisotopic (exact) mass is 349 g/mol. The molecule has 3 N–H and O–H groups in total. The molecule has 6 nitrogen and oxygen atoms in total. The van der Waals surface area contributed by atoms with Crippen molar-refractivity contribution < 1.29 is 14.6 Å². The summed E-state index contributed by atoms with van der Waals surface area (Å²) in [6.45, 7) is 5.23. The highest BCUT2D eigenvalue weighted by atomic mass is 16.5. The van der Waals surface area contributed by atoms with Gasteiger partial charge in [0.2, 0.25) is 0 Å². The quantitative estimate of drug-likeness (QED) is 0.490. The number of aryl methyl sites for hydroxylation is 1. The van der Waals surface area contributed by atoms with E-state index in [9.17, 15) is 5.11 Å². The minimum absolute atomic E-state index is 0.0106. The van der Waals surface area contributed by atoms with E-state index in [1.165, 1.54) is 5.56 Å². The van der Waals surface area contributed by atoms with Crippen LogP contribution in [-0.2, 0) is 11.2 Å². The lowest BCUT2D eigenvalue weighted by molar-refractivity contribution is 0.127. The van der Waals surface area contributed by atoms with Gasteiger partial charge in [0.25, 0.3) is 0 Å². The van der Waals surface area contributed by atoms with Gasteiger partial charge in [-0.2, -0.15) is 0 Å². The average molecular weight is 349 g/mol. The van der Waals surface area contributed by atoms with Gasteiger partial charge >= 0.3 is 0 Å². The highest BCUT2D eigenvalue weighted by molar-refractivity contribution is 5.79. The van der Waals surface area contributed by atoms with Crippen molar-refractivity contribution in [2.75, 3.05) is 47.1 Å². The van der Waals surface area contributed by atoms with Crippen molar-refractivity contribution in [1.29, 1.82) is 0 Å². The molecule has 1 heterocycles. The number of methoxy groups -OCH3 is 1. The van der Waals surface area contributed by atoms with Crippen LogP contribution < -0.4 is 15.4 Å². The van der Waals surface area contributed by atoms with Gasteiger partial charge < -0.3 is 25.2 Å². The third-order valence-electron chi connectivity index (χ3n) is 4.86. The number of nitrogens with one attached hydrogen (secondary N) is 2. The standard InChI is InChI=1S/C19H31N3O3/c1-15-4-5-16(12-17(15)24-3)6-9-21-18(20-2)22-13-19(7-10-23)8-11-25-14-19/h4-5,12,23H,6-11,13-14H2,1-3H3,(H2,20,21,22). The number of benzene rings is 1. The maximum atomic E-state index is 9.30. The van der Waals surface area contributed by atoms with Crippen LogP contribution in [0.5, 0.6) is 5.75 Å². The normalized spacial score (nSPS) is 20.6. The average Bonchev–Trinajstić information content (AvgIpc) is 3.08. The van der Waals surface area contributed by atoms with Gasteiger partial charge in [-0.15, -0.1) is 0 Å². The third kappa shape index (κ3) is 5.61. The number of aliphatic hydroxyl groups is 1. The Balaban J connectivity index is 1.80. The number of aliphatic hydroxyl groups excluding tert-OH is 1. The Morgan fingerprint density at radius 3 is 2.88 bits per heavy atom. The van der Waals surface area contributed by atoms with Crippen molar-refractivity contribution in [1.82, 2.24) is 10.6 Å². The second-order valence-corrected chi connectivity index (χ2v) is 6.68. The second kappa shape index (κ2) is 9.63. The zero-order chi connectivity index (χ0) is 18.1. The van der Waals surface area contributed by atoms with Crippen molar-refractivity contribution in [3.8, 4) is 5.75 Å². The molecule has 1 aromatic carbocycles. The smallest absolute Gasteiger partial charge is 0.191 e. The minimum Gasteiger partial charge on any atom is -0.496 e. The first kappa shape index (κ1) is 19.5. The molecule has 0 radical (unpaired) electrons. The summed E-state index contributed by atoms with van der Waals surface area (Å²) in [6, 6.07) is 6.29. The van der Waals surface area contributed by atoms with Crippen LogP contribution in [0.3, 0.4) is 0 Å². The van der Waals surface area contributed by atoms with E-state index < -0.39 is 0 Å². The van der Waals surface area contributed by atoms with E-state index in [4.69, 9.17) is 9.47 Å². The maximum absolute atomic E-state index is 9.30. The highest BCUT2D eigenvalue weighted by Gasteiger charge is 2.34. The molecule has 25 heavy (non-hydrogen) atoms. The predicted molar refractivity (Wildman–Crippen MR) is 100 cm³/mol. The minimum atomic E-state index is 0.0106. The lowest BCUT2D eigenvalue weighted by atomic mass is 9.84. The zero-order valence-electron chi connectivity index (χ0n) is 15.6. The number of nitrogens with zero attached hydrogens (tertiary/aromatic N) is 1. The lowest BCUT2D eigenvalue weighted by Crippen LogP contribution is -2.45. The fourth-order valence-corrected chi connectivity index (χ4v) is 3.15. The molecule has 1 aliphatic rings. The molecule has 0 spiro atoms. The van der Waals surface area contributed by atoms with E-state index >= 15 is 0 Å². The van der Waals surface area contributed by atoms with Crippen molar-refractivity contribution in [2.45, 2.75) is 26.2 Å². The number of hydrogen-bond acceptors (Lipinski definition) is 4. The van der Waals surface area contributed by atoms with Crippen LogP contribution in [0, 0.1) is 12.3 Å². The van der Waals surface area contributed by atoms with Gasteiger partial charge in [-0.25, -0.2) is 0 Å². The Hall–Kier alpha value is -1.79. The van der Waals surface area contributed by atoms with Crippen molar-refractivity contribution in [3.63, 3.8) is 0 Å². The van der Waals surface area contributed by atoms with Gasteiger partial charge in [0.1, 0.15) is 5.75 Å². The van der Waals surface area contributed by atoms with Gasteiger partial charge in [-0.05, 0) is 43.4 Å². The number of hydrogen-bond donors (Lipinski definition) is 3. The summed E-state index contributed by atoms with van der Waals surface area (Å²) in [6.07, 6.45) is 2.61. The molecule has 1 saturated heterocycles. The molecule has 2 rings (SSSR count). The Morgan fingerprint density at radius 1 is 1.40 bits per heavy atom. The predicted octanol–water partition coefficient (Wildman–Crippen LogP) is 1.50. The number of aliphatic imine (C=N–C) groups is 1. The van der Waals surface area contributed by atoms with Crippen LogP contribution in [0.2, 0.25) is 0 Å². The van der Waals surface area contributed by atoms with Gasteiger partial charge in [-0.3, -0.25) is 4.99 Å². The van der Waals surface area contributed by atoms with E-state index in [0.29, 0.717) is 6.61 Å². The highest BCUT2D eigenvalue weighted by Crippen LogP contribution is 2.31. The molecule has 1 atom stereocenters. The molecule has 0 bridgehead atoms.